The Labute approximate surface area is 441 Å². The molecule has 0 bridgehead atoms. The lowest BCUT2D eigenvalue weighted by Gasteiger charge is -2.41. The van der Waals surface area contributed by atoms with Crippen molar-refractivity contribution in [3.63, 3.8) is 0 Å². The highest BCUT2D eigenvalue weighted by Gasteiger charge is 2.47. The van der Waals surface area contributed by atoms with Crippen molar-refractivity contribution in [1.82, 2.24) is 5.32 Å². The minimum atomic E-state index is -1.61. The van der Waals surface area contributed by atoms with Gasteiger partial charge in [0.2, 0.25) is 5.91 Å². The lowest BCUT2D eigenvalue weighted by molar-refractivity contribution is -0.305. The first kappa shape index (κ1) is 68.2. The van der Waals surface area contributed by atoms with Crippen molar-refractivity contribution < 1.29 is 49.3 Å². The summed E-state index contributed by atoms with van der Waals surface area (Å²) in [6.07, 6.45) is 46.6. The van der Waals surface area contributed by atoms with Gasteiger partial charge in [-0.05, 0) is 44.9 Å². The van der Waals surface area contributed by atoms with Crippen LogP contribution in [0.2, 0.25) is 0 Å². The van der Waals surface area contributed by atoms with Gasteiger partial charge in [0, 0.05) is 6.42 Å². The molecule has 1 rings (SSSR count). The second-order valence-electron chi connectivity index (χ2n) is 21.4. The van der Waals surface area contributed by atoms with Crippen molar-refractivity contribution in [2.24, 2.45) is 0 Å². The fourth-order valence-corrected chi connectivity index (χ4v) is 9.69. The fraction of sp³-hybridized carbons (Fsp3) is 0.902. The van der Waals surface area contributed by atoms with E-state index in [1.807, 2.05) is 6.08 Å². The highest BCUT2D eigenvalue weighted by atomic mass is 16.7. The molecule has 8 unspecified atom stereocenters. The van der Waals surface area contributed by atoms with Gasteiger partial charge in [-0.1, -0.05) is 263 Å². The lowest BCUT2D eigenvalue weighted by Crippen LogP contribution is -2.61. The van der Waals surface area contributed by atoms with E-state index in [2.05, 4.69) is 38.2 Å². The number of hydrogen-bond donors (Lipinski definition) is 6. The number of esters is 1. The maximum absolute atomic E-state index is 13.4. The monoisotopic (exact) mass is 1020 g/mol. The molecule has 8 atom stereocenters. The molecular formula is C61H115NO10. The first-order valence-electron chi connectivity index (χ1n) is 30.6. The summed E-state index contributed by atoms with van der Waals surface area (Å²) in [6.45, 7) is 5.76. The second kappa shape index (κ2) is 50.0. The van der Waals surface area contributed by atoms with Gasteiger partial charge in [0.15, 0.2) is 12.4 Å². The van der Waals surface area contributed by atoms with Gasteiger partial charge < -0.3 is 45.1 Å². The smallest absolute Gasteiger partial charge is 0.306 e. The molecule has 1 amide bonds. The Balaban J connectivity index is 2.65. The van der Waals surface area contributed by atoms with E-state index in [0.29, 0.717) is 19.3 Å². The van der Waals surface area contributed by atoms with E-state index in [1.54, 1.807) is 6.08 Å². The van der Waals surface area contributed by atoms with E-state index in [0.717, 1.165) is 77.0 Å². The van der Waals surface area contributed by atoms with Gasteiger partial charge in [-0.25, -0.2) is 0 Å². The molecule has 11 nitrogen and oxygen atoms in total. The molecule has 72 heavy (non-hydrogen) atoms. The SMILES string of the molecule is CCCC/C=C\CCCCCCCC(=O)OC1C(OCC(NC(=O)C(O)CCCCCCCCCCCCCCCCCCCCCC)C(O)/C=C/CCCCCCCCCCCC)OC(CO)C(O)C1O. The van der Waals surface area contributed by atoms with Crippen molar-refractivity contribution in [1.29, 1.82) is 0 Å². The maximum Gasteiger partial charge on any atom is 0.306 e. The molecule has 424 valence electrons. The normalized spacial score (nSPS) is 19.6. The van der Waals surface area contributed by atoms with E-state index in [4.69, 9.17) is 14.2 Å². The van der Waals surface area contributed by atoms with E-state index in [-0.39, 0.29) is 13.0 Å². The summed E-state index contributed by atoms with van der Waals surface area (Å²) in [4.78, 5) is 26.4. The Bertz CT molecular complexity index is 1270. The number of carbonyl (C=O) groups is 2. The third kappa shape index (κ3) is 37.8. The highest BCUT2D eigenvalue weighted by Crippen LogP contribution is 2.26. The molecule has 6 N–H and O–H groups in total. The molecule has 0 aromatic heterocycles. The summed E-state index contributed by atoms with van der Waals surface area (Å²) >= 11 is 0. The molecule has 1 fully saturated rings. The standard InChI is InChI=1S/C61H115NO10/c1-4-7-10-13-16-19-22-24-25-26-27-28-29-30-31-34-36-39-42-45-48-54(65)60(69)62-52(53(64)47-44-41-38-35-33-23-20-17-14-11-8-5-2)51-70-61-59(58(68)57(67)55(50-63)71-61)72-56(66)49-46-43-40-37-32-21-18-15-12-9-6-3/h15,18,44,47,52-55,57-59,61,63-65,67-68H,4-14,16-17,19-43,45-46,48-51H2,1-3H3,(H,62,69)/b18-15-,47-44+. The number of ether oxygens (including phenoxy) is 3. The van der Waals surface area contributed by atoms with E-state index < -0.39 is 67.4 Å². The molecule has 0 spiro atoms. The van der Waals surface area contributed by atoms with Gasteiger partial charge in [0.1, 0.15) is 24.4 Å². The molecule has 0 saturated carbocycles. The first-order chi connectivity index (χ1) is 35.2. The molecule has 1 aliphatic heterocycles. The van der Waals surface area contributed by atoms with E-state index >= 15 is 0 Å². The van der Waals surface area contributed by atoms with Crippen LogP contribution in [0.5, 0.6) is 0 Å². The number of carbonyl (C=O) groups excluding carboxylic acids is 2. The van der Waals surface area contributed by atoms with Crippen molar-refractivity contribution >= 4 is 11.9 Å². The van der Waals surface area contributed by atoms with Crippen LogP contribution in [0, 0.1) is 0 Å². The van der Waals surface area contributed by atoms with Gasteiger partial charge in [-0.2, -0.15) is 0 Å². The summed E-state index contributed by atoms with van der Waals surface area (Å²) in [7, 11) is 0. The number of nitrogens with one attached hydrogen (secondary N) is 1. The molecule has 0 aliphatic carbocycles. The van der Waals surface area contributed by atoms with Crippen LogP contribution in [-0.2, 0) is 23.8 Å². The van der Waals surface area contributed by atoms with Gasteiger partial charge in [-0.3, -0.25) is 9.59 Å². The summed E-state index contributed by atoms with van der Waals surface area (Å²) in [6, 6.07) is -1.02. The number of unbranched alkanes of at least 4 members (excludes halogenated alkanes) is 36. The zero-order chi connectivity index (χ0) is 52.5. The Kier molecular flexibility index (Phi) is 47.3. The number of allylic oxidation sites excluding steroid dienone is 3. The summed E-state index contributed by atoms with van der Waals surface area (Å²) < 4.78 is 17.6. The van der Waals surface area contributed by atoms with Crippen LogP contribution in [0.25, 0.3) is 0 Å². The fourth-order valence-electron chi connectivity index (χ4n) is 9.69. The first-order valence-corrected chi connectivity index (χ1v) is 30.6. The highest BCUT2D eigenvalue weighted by molar-refractivity contribution is 5.80. The Morgan fingerprint density at radius 2 is 0.931 bits per heavy atom. The van der Waals surface area contributed by atoms with Gasteiger partial charge in [0.25, 0.3) is 0 Å². The third-order valence-electron chi connectivity index (χ3n) is 14.6. The predicted octanol–water partition coefficient (Wildman–Crippen LogP) is 14.1. The molecule has 0 radical (unpaired) electrons. The van der Waals surface area contributed by atoms with Crippen LogP contribution in [0.3, 0.4) is 0 Å². The van der Waals surface area contributed by atoms with Gasteiger partial charge >= 0.3 is 5.97 Å². The number of aliphatic hydroxyl groups is 5. The lowest BCUT2D eigenvalue weighted by atomic mass is 9.99. The average Bonchev–Trinajstić information content (AvgIpc) is 3.38. The summed E-state index contributed by atoms with van der Waals surface area (Å²) in [5.41, 5.74) is 0. The van der Waals surface area contributed by atoms with Crippen molar-refractivity contribution in [2.45, 2.75) is 339 Å². The zero-order valence-corrected chi connectivity index (χ0v) is 46.8. The van der Waals surface area contributed by atoms with Gasteiger partial charge in [0.05, 0.1) is 25.4 Å². The molecule has 11 heteroatoms. The number of amides is 1. The van der Waals surface area contributed by atoms with Crippen LogP contribution in [0.15, 0.2) is 24.3 Å². The van der Waals surface area contributed by atoms with Crippen molar-refractivity contribution in [3.05, 3.63) is 24.3 Å². The van der Waals surface area contributed by atoms with Crippen molar-refractivity contribution in [3.8, 4) is 0 Å². The van der Waals surface area contributed by atoms with Crippen LogP contribution in [0.4, 0.5) is 0 Å². The van der Waals surface area contributed by atoms with Crippen LogP contribution in [-0.4, -0.2) is 99.6 Å². The van der Waals surface area contributed by atoms with Crippen LogP contribution in [0.1, 0.15) is 290 Å². The Hall–Kier alpha value is -1.86. The van der Waals surface area contributed by atoms with Crippen molar-refractivity contribution in [2.75, 3.05) is 13.2 Å². The number of aliphatic hydroxyl groups excluding tert-OH is 5. The molecule has 1 saturated heterocycles. The minimum absolute atomic E-state index is 0.116. The number of rotatable bonds is 52. The molecule has 0 aromatic rings. The molecule has 1 aliphatic rings. The zero-order valence-electron chi connectivity index (χ0n) is 46.8. The van der Waals surface area contributed by atoms with Crippen LogP contribution >= 0.6 is 0 Å². The van der Waals surface area contributed by atoms with E-state index in [1.165, 1.54) is 167 Å². The van der Waals surface area contributed by atoms with Gasteiger partial charge in [-0.15, -0.1) is 0 Å². The number of hydrogen-bond acceptors (Lipinski definition) is 10. The Morgan fingerprint density at radius 3 is 1.39 bits per heavy atom. The molecular weight excluding hydrogens is 907 g/mol. The molecule has 1 heterocycles. The summed E-state index contributed by atoms with van der Waals surface area (Å²) in [5.74, 6) is -1.19. The maximum atomic E-state index is 13.4. The molecule has 0 aromatic carbocycles. The Morgan fingerprint density at radius 1 is 0.528 bits per heavy atom. The predicted molar refractivity (Wildman–Crippen MR) is 297 cm³/mol. The topological polar surface area (TPSA) is 175 Å². The largest absolute Gasteiger partial charge is 0.454 e. The average molecular weight is 1020 g/mol. The minimum Gasteiger partial charge on any atom is -0.454 e. The second-order valence-corrected chi connectivity index (χ2v) is 21.4. The van der Waals surface area contributed by atoms with E-state index in [9.17, 15) is 35.1 Å². The quantitative estimate of drug-likeness (QED) is 0.0195. The third-order valence-corrected chi connectivity index (χ3v) is 14.6. The summed E-state index contributed by atoms with van der Waals surface area (Å²) in [5, 5.41) is 56.8. The van der Waals surface area contributed by atoms with Crippen LogP contribution < -0.4 is 5.32 Å².